The third kappa shape index (κ3) is 6.58. The van der Waals surface area contributed by atoms with Crippen LogP contribution in [0.2, 0.25) is 0 Å². The van der Waals surface area contributed by atoms with Crippen LogP contribution in [0.4, 0.5) is 0 Å². The molecular formula is C10H17N4O2. The van der Waals surface area contributed by atoms with Gasteiger partial charge in [0.1, 0.15) is 0 Å². The summed E-state index contributed by atoms with van der Waals surface area (Å²) in [5.41, 5.74) is 5.42. The first kappa shape index (κ1) is 14.2. The van der Waals surface area contributed by atoms with Crippen LogP contribution in [-0.2, 0) is 9.59 Å². The molecule has 0 aliphatic heterocycles. The second-order valence-corrected chi connectivity index (χ2v) is 3.41. The van der Waals surface area contributed by atoms with E-state index in [0.717, 1.165) is 0 Å². The number of rotatable bonds is 7. The predicted octanol–water partition coefficient (Wildman–Crippen LogP) is -0.580. The molecule has 89 valence electrons. The second kappa shape index (κ2) is 7.44. The van der Waals surface area contributed by atoms with Crippen LogP contribution in [0.1, 0.15) is 19.8 Å². The number of guanidine groups is 1. The number of carbonyl (C=O) groups excluding carboxylic acids is 2. The van der Waals surface area contributed by atoms with Crippen LogP contribution in [0, 0.1) is 5.41 Å². The van der Waals surface area contributed by atoms with Crippen molar-refractivity contribution in [1.82, 2.24) is 10.6 Å². The molecule has 0 heterocycles. The summed E-state index contributed by atoms with van der Waals surface area (Å²) in [6.45, 7) is 5.51. The van der Waals surface area contributed by atoms with Crippen molar-refractivity contribution in [2.75, 3.05) is 6.54 Å². The molecule has 1 radical (unpaired) electrons. The Labute approximate surface area is 94.8 Å². The smallest absolute Gasteiger partial charge is 0.246 e. The maximum Gasteiger partial charge on any atom is 0.246 e. The molecule has 0 unspecified atom stereocenters. The van der Waals surface area contributed by atoms with Crippen LogP contribution >= 0.6 is 0 Å². The molecule has 6 nitrogen and oxygen atoms in total. The van der Waals surface area contributed by atoms with E-state index in [-0.39, 0.29) is 11.9 Å². The summed E-state index contributed by atoms with van der Waals surface area (Å²) >= 11 is 0. The zero-order chi connectivity index (χ0) is 12.6. The number of amides is 1. The van der Waals surface area contributed by atoms with Crippen molar-refractivity contribution >= 4 is 18.2 Å². The molecule has 0 aromatic carbocycles. The molecule has 6 heteroatoms. The molecule has 0 aromatic rings. The van der Waals surface area contributed by atoms with E-state index in [1.54, 1.807) is 13.2 Å². The summed E-state index contributed by atoms with van der Waals surface area (Å²) in [5.74, 6) is -0.467. The van der Waals surface area contributed by atoms with Crippen molar-refractivity contribution in [2.24, 2.45) is 5.73 Å². The van der Waals surface area contributed by atoms with Gasteiger partial charge in [0, 0.05) is 12.1 Å². The Bertz CT molecular complexity index is 289. The van der Waals surface area contributed by atoms with Gasteiger partial charge in [-0.25, -0.2) is 0 Å². The molecule has 1 atom stereocenters. The first-order chi connectivity index (χ1) is 7.47. The summed E-state index contributed by atoms with van der Waals surface area (Å²) in [6.07, 6.45) is 2.79. The fraction of sp³-hybridized carbons (Fsp3) is 0.500. The van der Waals surface area contributed by atoms with Crippen LogP contribution in [0.5, 0.6) is 0 Å². The standard InChI is InChI=1S/C10H17N4O2/c1-7(2)9(16)14-8(6-15)4-3-5-13-10(11)12/h8H,1,3-5H2,2H3,(H,14,16)(H4,11,12,13)/t8-/m0/s1. The lowest BCUT2D eigenvalue weighted by molar-refractivity contribution is -0.117. The fourth-order valence-corrected chi connectivity index (χ4v) is 0.971. The Hall–Kier alpha value is -1.85. The molecule has 0 rings (SSSR count). The Kier molecular flexibility index (Phi) is 6.58. The number of hydrogen-bond donors (Lipinski definition) is 4. The van der Waals surface area contributed by atoms with Gasteiger partial charge < -0.3 is 16.4 Å². The van der Waals surface area contributed by atoms with Gasteiger partial charge in [0.2, 0.25) is 12.2 Å². The number of hydrogen-bond acceptors (Lipinski definition) is 3. The molecule has 0 aliphatic rings. The van der Waals surface area contributed by atoms with Gasteiger partial charge in [-0.05, 0) is 19.8 Å². The molecular weight excluding hydrogens is 208 g/mol. The highest BCUT2D eigenvalue weighted by atomic mass is 16.2. The third-order valence-electron chi connectivity index (χ3n) is 1.82. The zero-order valence-electron chi connectivity index (χ0n) is 9.30. The van der Waals surface area contributed by atoms with Gasteiger partial charge in [0.25, 0.3) is 0 Å². The van der Waals surface area contributed by atoms with Gasteiger partial charge in [-0.2, -0.15) is 0 Å². The minimum atomic E-state index is -0.641. The monoisotopic (exact) mass is 225 g/mol. The molecule has 0 saturated heterocycles. The minimum Gasteiger partial charge on any atom is -0.370 e. The van der Waals surface area contributed by atoms with Gasteiger partial charge in [0.05, 0.1) is 6.04 Å². The van der Waals surface area contributed by atoms with Crippen LogP contribution in [0.3, 0.4) is 0 Å². The fourth-order valence-electron chi connectivity index (χ4n) is 0.971. The van der Waals surface area contributed by atoms with E-state index in [1.165, 1.54) is 0 Å². The van der Waals surface area contributed by atoms with Crippen molar-refractivity contribution in [1.29, 1.82) is 5.41 Å². The predicted molar refractivity (Wildman–Crippen MR) is 61.6 cm³/mol. The van der Waals surface area contributed by atoms with Gasteiger partial charge >= 0.3 is 0 Å². The normalized spacial score (nSPS) is 11.3. The lowest BCUT2D eigenvalue weighted by atomic mass is 10.1. The van der Waals surface area contributed by atoms with Crippen molar-refractivity contribution in [2.45, 2.75) is 25.8 Å². The van der Waals surface area contributed by atoms with Gasteiger partial charge in [-0.1, -0.05) is 6.58 Å². The van der Waals surface area contributed by atoms with E-state index < -0.39 is 6.04 Å². The van der Waals surface area contributed by atoms with Crippen molar-refractivity contribution in [3.05, 3.63) is 12.2 Å². The van der Waals surface area contributed by atoms with E-state index >= 15 is 0 Å². The largest absolute Gasteiger partial charge is 0.370 e. The highest BCUT2D eigenvalue weighted by Crippen LogP contribution is 1.96. The molecule has 0 bridgehead atoms. The Morgan fingerprint density at radius 3 is 2.69 bits per heavy atom. The Balaban J connectivity index is 3.84. The Morgan fingerprint density at radius 2 is 2.25 bits per heavy atom. The quantitative estimate of drug-likeness (QED) is 0.201. The topological polar surface area (TPSA) is 108 Å². The summed E-state index contributed by atoms with van der Waals surface area (Å²) in [5, 5.41) is 12.0. The minimum absolute atomic E-state index is 0.113. The van der Waals surface area contributed by atoms with E-state index in [0.29, 0.717) is 25.0 Å². The lowest BCUT2D eigenvalue weighted by Crippen LogP contribution is -2.37. The van der Waals surface area contributed by atoms with E-state index in [2.05, 4.69) is 17.2 Å². The Morgan fingerprint density at radius 1 is 1.62 bits per heavy atom. The number of nitrogens with one attached hydrogen (secondary N) is 3. The van der Waals surface area contributed by atoms with Crippen molar-refractivity contribution in [3.63, 3.8) is 0 Å². The lowest BCUT2D eigenvalue weighted by Gasteiger charge is -2.12. The molecule has 1 amide bonds. The van der Waals surface area contributed by atoms with Gasteiger partial charge in [-0.3, -0.25) is 15.0 Å². The van der Waals surface area contributed by atoms with Crippen LogP contribution in [0.15, 0.2) is 12.2 Å². The highest BCUT2D eigenvalue weighted by molar-refractivity contribution is 5.93. The molecule has 0 aliphatic carbocycles. The van der Waals surface area contributed by atoms with Crippen molar-refractivity contribution in [3.8, 4) is 0 Å². The number of nitrogens with two attached hydrogens (primary N) is 1. The number of carbonyl (C=O) groups is 1. The average Bonchev–Trinajstić information content (AvgIpc) is 2.21. The SMILES string of the molecule is C=C(C)C(=O)N[C@H]([C]=O)CCCNC(=N)N. The van der Waals surface area contributed by atoms with Crippen LogP contribution < -0.4 is 16.4 Å². The average molecular weight is 225 g/mol. The summed E-state index contributed by atoms with van der Waals surface area (Å²) < 4.78 is 0. The van der Waals surface area contributed by atoms with Gasteiger partial charge in [0.15, 0.2) is 5.96 Å². The zero-order valence-corrected chi connectivity index (χ0v) is 9.30. The van der Waals surface area contributed by atoms with Crippen molar-refractivity contribution < 1.29 is 9.59 Å². The molecule has 16 heavy (non-hydrogen) atoms. The molecule has 0 saturated carbocycles. The molecule has 0 fully saturated rings. The van der Waals surface area contributed by atoms with Crippen LogP contribution in [-0.4, -0.2) is 30.7 Å². The first-order valence-corrected chi connectivity index (χ1v) is 4.89. The third-order valence-corrected chi connectivity index (χ3v) is 1.82. The molecule has 0 spiro atoms. The maximum atomic E-state index is 11.2. The van der Waals surface area contributed by atoms with Crippen LogP contribution in [0.25, 0.3) is 0 Å². The maximum absolute atomic E-state index is 11.2. The summed E-state index contributed by atoms with van der Waals surface area (Å²) in [4.78, 5) is 21.7. The summed E-state index contributed by atoms with van der Waals surface area (Å²) in [7, 11) is 0. The second-order valence-electron chi connectivity index (χ2n) is 3.41. The summed E-state index contributed by atoms with van der Waals surface area (Å²) in [6, 6.07) is -0.641. The van der Waals surface area contributed by atoms with E-state index in [9.17, 15) is 9.59 Å². The molecule has 0 aromatic heterocycles. The first-order valence-electron chi connectivity index (χ1n) is 4.89. The van der Waals surface area contributed by atoms with E-state index in [4.69, 9.17) is 11.1 Å². The van der Waals surface area contributed by atoms with Gasteiger partial charge in [-0.15, -0.1) is 0 Å². The van der Waals surface area contributed by atoms with E-state index in [1.807, 2.05) is 0 Å². The molecule has 5 N–H and O–H groups in total. The highest BCUT2D eigenvalue weighted by Gasteiger charge is 2.11.